The van der Waals surface area contributed by atoms with Gasteiger partial charge in [-0.2, -0.15) is 0 Å². The lowest BCUT2D eigenvalue weighted by Crippen LogP contribution is -2.35. The van der Waals surface area contributed by atoms with Crippen LogP contribution in [0.4, 0.5) is 11.4 Å². The van der Waals surface area contributed by atoms with Crippen LogP contribution >= 0.6 is 0 Å². The molecule has 17 heteroatoms. The van der Waals surface area contributed by atoms with Crippen LogP contribution in [-0.2, 0) is 38.3 Å². The molecule has 2 saturated heterocycles. The van der Waals surface area contributed by atoms with Crippen LogP contribution in [-0.4, -0.2) is 62.9 Å². The molecule has 72 heavy (non-hydrogen) atoms. The Bertz CT molecular complexity index is 2970. The first-order chi connectivity index (χ1) is 34.6. The van der Waals surface area contributed by atoms with Gasteiger partial charge in [0.05, 0.1) is 25.9 Å². The van der Waals surface area contributed by atoms with Crippen molar-refractivity contribution in [3.8, 4) is 17.2 Å². The van der Waals surface area contributed by atoms with E-state index in [9.17, 15) is 28.8 Å². The number of para-hydroxylation sites is 1. The molecular weight excluding hydrogens is 921 g/mol. The number of carbonyl (C=O) groups excluding carboxylic acids is 2. The number of nitrogens with zero attached hydrogens (tertiary/aromatic N) is 2. The minimum absolute atomic E-state index is 0.157. The molecule has 5 aromatic rings. The number of aromatic amines is 2. The summed E-state index contributed by atoms with van der Waals surface area (Å²) in [4.78, 5) is 81.9. The topological polar surface area (TPSA) is 214 Å². The zero-order valence-corrected chi connectivity index (χ0v) is 42.8. The van der Waals surface area contributed by atoms with Crippen molar-refractivity contribution in [2.45, 2.75) is 144 Å². The summed E-state index contributed by atoms with van der Waals surface area (Å²) >= 11 is 0. The molecule has 2 aliphatic rings. The van der Waals surface area contributed by atoms with E-state index in [0.29, 0.717) is 86.6 Å². The van der Waals surface area contributed by atoms with E-state index in [1.165, 1.54) is 21.5 Å². The molecule has 3 aromatic carbocycles. The van der Waals surface area contributed by atoms with Crippen molar-refractivity contribution >= 4 is 23.2 Å². The highest BCUT2D eigenvalue weighted by Gasteiger charge is 2.39. The molecule has 0 unspecified atom stereocenters. The van der Waals surface area contributed by atoms with E-state index in [2.05, 4.69) is 34.4 Å². The molecule has 386 valence electrons. The molecule has 2 aliphatic heterocycles. The van der Waals surface area contributed by atoms with Crippen LogP contribution in [0.15, 0.2) is 80.1 Å². The Morgan fingerprint density at radius 1 is 0.667 bits per heavy atom. The van der Waals surface area contributed by atoms with Crippen LogP contribution in [0.3, 0.4) is 0 Å². The number of H-pyrrole nitrogens is 2. The van der Waals surface area contributed by atoms with E-state index in [1.54, 1.807) is 13.8 Å². The van der Waals surface area contributed by atoms with E-state index >= 15 is 0 Å². The SMILES string of the molecule is CCCOc1ccc(NC(=O)C[C@H]2C[C@H](n3cc(C)c(=O)[nH]c3=O)O[C@@H]2CC)cc1Cc1cccc(Cc2cc(NC(=O)[C@H]3O[C@@H](n4cc(C)c(=O)[nH]c4=O)C[C@@H]3C)cc(CC)c2OCCC)c1OCCC. The monoisotopic (exact) mass is 991 g/mol. The van der Waals surface area contributed by atoms with Crippen LogP contribution < -0.4 is 47.3 Å². The largest absolute Gasteiger partial charge is 0.493 e. The van der Waals surface area contributed by atoms with Gasteiger partial charge in [0.25, 0.3) is 17.0 Å². The van der Waals surface area contributed by atoms with Gasteiger partial charge in [0.1, 0.15) is 35.8 Å². The average Bonchev–Trinajstić information content (AvgIpc) is 3.95. The molecule has 0 radical (unpaired) electrons. The molecule has 7 rings (SSSR count). The molecule has 2 aromatic heterocycles. The highest BCUT2D eigenvalue weighted by molar-refractivity contribution is 5.95. The number of aryl methyl sites for hydroxylation is 3. The highest BCUT2D eigenvalue weighted by Crippen LogP contribution is 2.39. The van der Waals surface area contributed by atoms with E-state index in [-0.39, 0.29) is 36.2 Å². The van der Waals surface area contributed by atoms with E-state index in [0.717, 1.165) is 58.6 Å². The van der Waals surface area contributed by atoms with Gasteiger partial charge in [0, 0.05) is 65.3 Å². The van der Waals surface area contributed by atoms with Gasteiger partial charge in [0.15, 0.2) is 0 Å². The van der Waals surface area contributed by atoms with Gasteiger partial charge < -0.3 is 34.3 Å². The summed E-state index contributed by atoms with van der Waals surface area (Å²) in [6, 6.07) is 15.6. The lowest BCUT2D eigenvalue weighted by molar-refractivity contribution is -0.130. The fraction of sp³-hybridized carbons (Fsp3) is 0.491. The van der Waals surface area contributed by atoms with Crippen molar-refractivity contribution in [3.05, 3.63) is 142 Å². The minimum atomic E-state index is -0.849. The Kier molecular flexibility index (Phi) is 17.8. The first-order valence-electron chi connectivity index (χ1n) is 25.5. The summed E-state index contributed by atoms with van der Waals surface area (Å²) in [5.41, 5.74) is 4.43. The molecule has 6 atom stereocenters. The molecule has 0 aliphatic carbocycles. The minimum Gasteiger partial charge on any atom is -0.493 e. The Labute approximate surface area is 419 Å². The maximum atomic E-state index is 14.0. The summed E-state index contributed by atoms with van der Waals surface area (Å²) in [5.74, 6) is 1.27. The lowest BCUT2D eigenvalue weighted by Gasteiger charge is -2.21. The number of anilines is 2. The molecular formula is C55H70N6O11. The number of benzene rings is 3. The van der Waals surface area contributed by atoms with Gasteiger partial charge in [-0.1, -0.05) is 59.7 Å². The molecule has 0 saturated carbocycles. The normalized spacial score (nSPS) is 19.6. The van der Waals surface area contributed by atoms with Gasteiger partial charge in [-0.3, -0.25) is 38.3 Å². The number of amides is 2. The maximum absolute atomic E-state index is 14.0. The van der Waals surface area contributed by atoms with Gasteiger partial charge in [-0.05, 0) is 118 Å². The third kappa shape index (κ3) is 12.5. The van der Waals surface area contributed by atoms with Crippen LogP contribution in [0.25, 0.3) is 0 Å². The summed E-state index contributed by atoms with van der Waals surface area (Å²) in [7, 11) is 0. The standard InChI is InChI=1S/C55H70N6O11/c1-9-19-68-44-18-17-41(56-45(62)28-39-29-47(71-43(39)13-5)61-31-34(8)52(64)59-55(61)67)26-38(44)23-36-15-14-16-37(50(36)70-21-11-3)24-40-27-42(25-35(12-4)49(40)69-20-10-2)57-53(65)48-32(6)22-46(72-48)60-30-33(7)51(63)58-54(60)66/h14-18,25-27,30-32,39,43,46-48H,9-13,19-24,28-29H2,1-8H3,(H,56,62)(H,57,65)(H,58,63,66)(H,59,64,67)/t32-,39-,43+,46+,47+,48-/m0/s1. The van der Waals surface area contributed by atoms with Gasteiger partial charge in [-0.15, -0.1) is 0 Å². The predicted molar refractivity (Wildman–Crippen MR) is 276 cm³/mol. The predicted octanol–water partition coefficient (Wildman–Crippen LogP) is 8.02. The Morgan fingerprint density at radius 2 is 1.22 bits per heavy atom. The summed E-state index contributed by atoms with van der Waals surface area (Å²) in [6.07, 6.45) is 6.10. The van der Waals surface area contributed by atoms with E-state index in [1.807, 2.05) is 76.2 Å². The number of carbonyl (C=O) groups is 2. The molecule has 17 nitrogen and oxygen atoms in total. The highest BCUT2D eigenvalue weighted by atomic mass is 16.5. The van der Waals surface area contributed by atoms with Crippen LogP contribution in [0.5, 0.6) is 17.2 Å². The van der Waals surface area contributed by atoms with Gasteiger partial charge in [0.2, 0.25) is 5.91 Å². The number of nitrogens with one attached hydrogen (secondary N) is 4. The van der Waals surface area contributed by atoms with Gasteiger partial charge in [-0.25, -0.2) is 9.59 Å². The third-order valence-corrected chi connectivity index (χ3v) is 13.3. The van der Waals surface area contributed by atoms with Crippen LogP contribution in [0.1, 0.15) is 138 Å². The number of aromatic nitrogens is 4. The summed E-state index contributed by atoms with van der Waals surface area (Å²) < 4.78 is 34.6. The molecule has 0 spiro atoms. The second-order valence-electron chi connectivity index (χ2n) is 19.1. The second-order valence-corrected chi connectivity index (χ2v) is 19.1. The Hall–Kier alpha value is -6.72. The zero-order valence-electron chi connectivity index (χ0n) is 42.8. The Balaban J connectivity index is 1.14. The Morgan fingerprint density at radius 3 is 1.82 bits per heavy atom. The molecule has 0 bridgehead atoms. The molecule has 4 heterocycles. The third-order valence-electron chi connectivity index (χ3n) is 13.3. The summed E-state index contributed by atoms with van der Waals surface area (Å²) in [6.45, 7) is 16.8. The fourth-order valence-corrected chi connectivity index (χ4v) is 9.64. The number of rotatable bonds is 22. The van der Waals surface area contributed by atoms with Crippen molar-refractivity contribution in [1.29, 1.82) is 0 Å². The van der Waals surface area contributed by atoms with E-state index in [4.69, 9.17) is 23.7 Å². The van der Waals surface area contributed by atoms with Crippen molar-refractivity contribution in [1.82, 2.24) is 19.1 Å². The van der Waals surface area contributed by atoms with Crippen LogP contribution in [0.2, 0.25) is 0 Å². The van der Waals surface area contributed by atoms with Crippen molar-refractivity contribution in [2.75, 3.05) is 30.5 Å². The first-order valence-corrected chi connectivity index (χ1v) is 25.5. The average molecular weight is 991 g/mol. The quantitative estimate of drug-likeness (QED) is 0.0521. The van der Waals surface area contributed by atoms with Crippen LogP contribution in [0, 0.1) is 25.7 Å². The zero-order chi connectivity index (χ0) is 51.6. The van der Waals surface area contributed by atoms with Crippen molar-refractivity contribution in [2.24, 2.45) is 11.8 Å². The van der Waals surface area contributed by atoms with Gasteiger partial charge >= 0.3 is 11.4 Å². The number of ether oxygens (including phenoxy) is 5. The summed E-state index contributed by atoms with van der Waals surface area (Å²) in [5, 5.41) is 6.22. The van der Waals surface area contributed by atoms with Crippen molar-refractivity contribution < 1.29 is 33.3 Å². The van der Waals surface area contributed by atoms with E-state index < -0.39 is 41.1 Å². The maximum Gasteiger partial charge on any atom is 0.330 e. The lowest BCUT2D eigenvalue weighted by atomic mass is 9.94. The number of hydrogen-bond donors (Lipinski definition) is 4. The molecule has 2 amide bonds. The second kappa shape index (κ2) is 24.1. The smallest absolute Gasteiger partial charge is 0.330 e. The first kappa shape index (κ1) is 53.1. The molecule has 2 fully saturated rings. The molecule has 4 N–H and O–H groups in total. The van der Waals surface area contributed by atoms with Crippen molar-refractivity contribution in [3.63, 3.8) is 0 Å². The fourth-order valence-electron chi connectivity index (χ4n) is 9.64. The number of hydrogen-bond acceptors (Lipinski definition) is 11.